The lowest BCUT2D eigenvalue weighted by atomic mass is 10.0. The number of primary amides is 1. The Balaban J connectivity index is 0.000000124. The van der Waals surface area contributed by atoms with Gasteiger partial charge in [0.25, 0.3) is 5.91 Å². The van der Waals surface area contributed by atoms with Crippen molar-refractivity contribution in [1.29, 1.82) is 15.8 Å². The van der Waals surface area contributed by atoms with Crippen molar-refractivity contribution in [3.05, 3.63) is 264 Å². The number of hydrogen-bond acceptors (Lipinski definition) is 15. The van der Waals surface area contributed by atoms with Gasteiger partial charge in [-0.1, -0.05) is 71.3 Å². The van der Waals surface area contributed by atoms with Gasteiger partial charge in [-0.15, -0.1) is 0 Å². The number of benzene rings is 5. The van der Waals surface area contributed by atoms with E-state index < -0.39 is 30.3 Å². The molecule has 0 saturated carbocycles. The third-order valence-corrected chi connectivity index (χ3v) is 21.2. The van der Waals surface area contributed by atoms with E-state index in [-0.39, 0.29) is 5.69 Å². The fourth-order valence-electron chi connectivity index (χ4n) is 15.6. The topological polar surface area (TPSA) is 267 Å². The second-order valence-corrected chi connectivity index (χ2v) is 29.0. The average Bonchev–Trinajstić information content (AvgIpc) is 1.63. The summed E-state index contributed by atoms with van der Waals surface area (Å²) < 4.78 is 8.98. The van der Waals surface area contributed by atoms with Crippen LogP contribution in [-0.2, 0) is 78.0 Å². The van der Waals surface area contributed by atoms with Gasteiger partial charge in [0, 0.05) is 169 Å². The van der Waals surface area contributed by atoms with Gasteiger partial charge in [-0.25, -0.2) is 9.97 Å². The Labute approximate surface area is 612 Å². The van der Waals surface area contributed by atoms with Crippen molar-refractivity contribution in [2.24, 2.45) is 5.73 Å². The normalized spacial score (nSPS) is 15.6. The van der Waals surface area contributed by atoms with Crippen LogP contribution in [0.3, 0.4) is 0 Å². The van der Waals surface area contributed by atoms with E-state index in [1.807, 2.05) is 36.5 Å². The van der Waals surface area contributed by atoms with E-state index >= 15 is 0 Å². The first kappa shape index (κ1) is 72.7. The molecule has 6 N–H and O–H groups in total. The molecule has 12 aromatic rings. The summed E-state index contributed by atoms with van der Waals surface area (Å²) >= 11 is 0. The molecule has 0 radical (unpaired) electrons. The SMILES string of the molecule is Cc1ccc2c(c1)c1c(n2CC(O)c2ccc(C#N)cc2)CCN(C)C1.Cc1ccc2c(c1)c1c(n2CC(O)c2ccc(C#N)nc2)CCN(C)C1.Cc1ccc2c(c1)c1c(n2CC(O)c2ccc(C(N)=O)nc2)CCN(C)C1.Cc1cnc2c(c1)c1c(n2CC(O)c2ccc(C#N)cc2)CCN(C)C1. The number of carbonyl (C=O) groups is 1. The lowest BCUT2D eigenvalue weighted by molar-refractivity contribution is 0.0994. The maximum absolute atomic E-state index is 11.2. The largest absolute Gasteiger partial charge is 0.387 e. The third-order valence-electron chi connectivity index (χ3n) is 21.2. The van der Waals surface area contributed by atoms with Gasteiger partial charge in [-0.3, -0.25) is 9.78 Å². The first-order valence-corrected chi connectivity index (χ1v) is 36.0. The molecule has 4 unspecified atom stereocenters. The predicted octanol–water partition coefficient (Wildman–Crippen LogP) is 11.6. The number of rotatable bonds is 13. The number of amides is 1. The molecule has 4 atom stereocenters. The Morgan fingerprint density at radius 3 is 1.10 bits per heavy atom. The van der Waals surface area contributed by atoms with Gasteiger partial charge in [0.05, 0.1) is 73.9 Å². The summed E-state index contributed by atoms with van der Waals surface area (Å²) in [6.07, 6.45) is 6.33. The molecule has 11 heterocycles. The Morgan fingerprint density at radius 1 is 0.410 bits per heavy atom. The molecular weight excluding hydrogens is 1310 g/mol. The van der Waals surface area contributed by atoms with Crippen LogP contribution in [0.25, 0.3) is 43.7 Å². The quantitative estimate of drug-likeness (QED) is 0.0718. The summed E-state index contributed by atoms with van der Waals surface area (Å²) in [5.74, 6) is -0.569. The number of aliphatic hydroxyl groups is 4. The molecule has 20 nitrogen and oxygen atoms in total. The van der Waals surface area contributed by atoms with Gasteiger partial charge in [0.2, 0.25) is 0 Å². The number of pyridine rings is 3. The first-order valence-electron chi connectivity index (χ1n) is 36.0. The van der Waals surface area contributed by atoms with E-state index in [1.54, 1.807) is 54.7 Å². The highest BCUT2D eigenvalue weighted by molar-refractivity contribution is 5.91. The molecule has 4 aliphatic rings. The van der Waals surface area contributed by atoms with E-state index in [1.165, 1.54) is 100 Å². The number of nitriles is 3. The highest BCUT2D eigenvalue weighted by atomic mass is 16.3. The maximum atomic E-state index is 11.2. The second-order valence-electron chi connectivity index (χ2n) is 29.0. The summed E-state index contributed by atoms with van der Waals surface area (Å²) in [5.41, 5.74) is 30.2. The van der Waals surface area contributed by atoms with Crippen molar-refractivity contribution < 1.29 is 25.2 Å². The van der Waals surface area contributed by atoms with Crippen LogP contribution in [0.2, 0.25) is 0 Å². The van der Waals surface area contributed by atoms with Crippen LogP contribution < -0.4 is 5.73 Å². The molecule has 0 aliphatic carbocycles. The number of nitrogens with zero attached hydrogens (tertiary/aromatic N) is 14. The van der Waals surface area contributed by atoms with Crippen molar-refractivity contribution in [1.82, 2.24) is 52.8 Å². The molecule has 105 heavy (non-hydrogen) atoms. The van der Waals surface area contributed by atoms with E-state index in [0.717, 1.165) is 111 Å². The number of likely N-dealkylation sites (N-methyl/N-ethyl adjacent to an activating group) is 4. The van der Waals surface area contributed by atoms with Crippen molar-refractivity contribution in [3.8, 4) is 18.2 Å². The molecule has 0 fully saturated rings. The van der Waals surface area contributed by atoms with E-state index in [2.05, 4.69) is 182 Å². The molecule has 536 valence electrons. The molecule has 0 spiro atoms. The first-order chi connectivity index (χ1) is 50.6. The van der Waals surface area contributed by atoms with E-state index in [4.69, 9.17) is 21.5 Å². The highest BCUT2D eigenvalue weighted by Crippen LogP contribution is 2.38. The number of aryl methyl sites for hydroxylation is 4. The number of fused-ring (bicyclic) bond motifs is 12. The minimum absolute atomic E-state index is 0.202. The lowest BCUT2D eigenvalue weighted by Gasteiger charge is -2.25. The van der Waals surface area contributed by atoms with Crippen LogP contribution >= 0.6 is 0 Å². The Kier molecular flexibility index (Phi) is 21.7. The third kappa shape index (κ3) is 15.6. The van der Waals surface area contributed by atoms with Crippen molar-refractivity contribution in [3.63, 3.8) is 0 Å². The smallest absolute Gasteiger partial charge is 0.267 e. The van der Waals surface area contributed by atoms with Gasteiger partial charge in [0.15, 0.2) is 0 Å². The molecule has 1 amide bonds. The van der Waals surface area contributed by atoms with Crippen molar-refractivity contribution in [2.45, 2.75) is 130 Å². The van der Waals surface area contributed by atoms with Gasteiger partial charge in [0.1, 0.15) is 23.1 Å². The standard InChI is InChI=1S/C22H23N3O.C21H24N4O2.2C21H22N4O/c1-15-3-8-20-18(11-15)19-13-24(2)10-9-21(19)25(20)14-22(26)17-6-4-16(12-23)5-7-17;1-13-3-6-18-15(9-13)16-11-24(2)8-7-19(16)25(18)12-20(26)14-4-5-17(21(22)27)23-10-14;1-14-3-6-19-17(9-14)18-12-24(2)8-7-20(18)25(19)13-21(26)15-4-5-16(10-22)23-11-15;1-14-9-17-18-12-24(2)8-7-19(18)25(21(17)23-11-14)13-20(26)16-5-3-15(10-22)4-6-16/h3-8,11,22,26H,9-10,13-14H2,1-2H3;3-6,9-10,20,26H,7-8,11-12H2,1-2H3,(H2,22,27);3-6,9,11,21,26H,7-8,12-13H2,1-2H3;3-6,9,11,20,26H,7-8,12-13H2,1-2H3. The molecule has 7 aromatic heterocycles. The number of aromatic nitrogens is 7. The predicted molar refractivity (Wildman–Crippen MR) is 409 cm³/mol. The fraction of sp³-hybridized carbons (Fsp3) is 0.329. The van der Waals surface area contributed by atoms with Gasteiger partial charge in [-0.05, 0) is 174 Å². The minimum atomic E-state index is -0.708. The lowest BCUT2D eigenvalue weighted by Crippen LogP contribution is -2.27. The molecular formula is C85H91N15O5. The van der Waals surface area contributed by atoms with Gasteiger partial charge in [-0.2, -0.15) is 15.8 Å². The molecule has 20 heteroatoms. The van der Waals surface area contributed by atoms with E-state index in [0.29, 0.717) is 48.6 Å². The average molecular weight is 1400 g/mol. The molecule has 0 saturated heterocycles. The number of nitrogens with two attached hydrogens (primary N) is 1. The Bertz CT molecular complexity index is 4930. The van der Waals surface area contributed by atoms with Crippen molar-refractivity contribution in [2.75, 3.05) is 54.4 Å². The Morgan fingerprint density at radius 2 is 0.752 bits per heavy atom. The summed E-state index contributed by atoms with van der Waals surface area (Å²) in [5, 5.41) is 75.0. The molecule has 4 aliphatic heterocycles. The number of hydrogen-bond donors (Lipinski definition) is 5. The second kappa shape index (κ2) is 31.3. The van der Waals surface area contributed by atoms with Crippen molar-refractivity contribution >= 4 is 49.6 Å². The summed E-state index contributed by atoms with van der Waals surface area (Å²) in [4.78, 5) is 33.3. The maximum Gasteiger partial charge on any atom is 0.267 e. The number of aliphatic hydroxyl groups excluding tert-OH is 4. The van der Waals surface area contributed by atoms with Gasteiger partial charge >= 0.3 is 0 Å². The van der Waals surface area contributed by atoms with Crippen LogP contribution in [0.4, 0.5) is 0 Å². The number of carbonyl (C=O) groups excluding carboxylic acids is 1. The van der Waals surface area contributed by atoms with Crippen LogP contribution in [0.15, 0.2) is 152 Å². The zero-order chi connectivity index (χ0) is 73.9. The molecule has 0 bridgehead atoms. The fourth-order valence-corrected chi connectivity index (χ4v) is 15.6. The molecule has 5 aromatic carbocycles. The minimum Gasteiger partial charge on any atom is -0.387 e. The van der Waals surface area contributed by atoms with Crippen LogP contribution in [0.1, 0.15) is 141 Å². The van der Waals surface area contributed by atoms with Crippen LogP contribution in [0.5, 0.6) is 0 Å². The van der Waals surface area contributed by atoms with Crippen LogP contribution in [0, 0.1) is 61.7 Å². The summed E-state index contributed by atoms with van der Waals surface area (Å²) in [7, 11) is 8.59. The highest BCUT2D eigenvalue weighted by Gasteiger charge is 2.29. The summed E-state index contributed by atoms with van der Waals surface area (Å²) in [6.45, 7) is 18.2. The van der Waals surface area contributed by atoms with E-state index in [9.17, 15) is 25.2 Å². The zero-order valence-corrected chi connectivity index (χ0v) is 61.1. The summed E-state index contributed by atoms with van der Waals surface area (Å²) in [6, 6.07) is 49.1. The zero-order valence-electron chi connectivity index (χ0n) is 61.1. The van der Waals surface area contributed by atoms with Gasteiger partial charge < -0.3 is 64.0 Å². The Hall–Kier alpha value is -10.7. The molecule has 16 rings (SSSR count). The van der Waals surface area contributed by atoms with Crippen LogP contribution in [-0.4, -0.2) is 134 Å². The monoisotopic (exact) mass is 1400 g/mol.